The van der Waals surface area contributed by atoms with E-state index in [9.17, 15) is 18.0 Å². The lowest BCUT2D eigenvalue weighted by molar-refractivity contribution is -0.136. The smallest absolute Gasteiger partial charge is 0.281 e. The third kappa shape index (κ3) is 3.27. The van der Waals surface area contributed by atoms with E-state index in [2.05, 4.69) is 9.95 Å². The van der Waals surface area contributed by atoms with Crippen LogP contribution < -0.4 is 5.56 Å². The molecule has 0 bridgehead atoms. The number of hydrogen-bond donors (Lipinski definition) is 0. The molecule has 1 fully saturated rings. The van der Waals surface area contributed by atoms with Crippen molar-refractivity contribution < 1.29 is 13.2 Å². The Morgan fingerprint density at radius 3 is 2.50 bits per heavy atom. The Morgan fingerprint density at radius 1 is 1.27 bits per heavy atom. The highest BCUT2D eigenvalue weighted by atomic mass is 19.4. The Balaban J connectivity index is 2.35. The van der Waals surface area contributed by atoms with Crippen molar-refractivity contribution in [3.8, 4) is 11.3 Å². The molecule has 4 nitrogen and oxygen atoms in total. The summed E-state index contributed by atoms with van der Waals surface area (Å²) in [6.07, 6.45) is -2.26. The van der Waals surface area contributed by atoms with Gasteiger partial charge in [0.05, 0.1) is 17.8 Å². The van der Waals surface area contributed by atoms with Crippen LogP contribution in [-0.4, -0.2) is 10.4 Å². The molecule has 0 aliphatic heterocycles. The van der Waals surface area contributed by atoms with E-state index in [0.717, 1.165) is 29.3 Å². The number of nitrogens with zero attached hydrogens (tertiary/aromatic N) is 3. The standard InChI is InChI=1S/C19H16F3N3O/c1-12-7-6-10-15(12)24-25-16(13-8-4-3-5-9-13)11-14(19(20,21)22)17(23-2)18(25)26/h3-5,8-9,11-12H,6-7,10H2,1H3. The highest BCUT2D eigenvalue weighted by molar-refractivity contribution is 5.88. The van der Waals surface area contributed by atoms with Gasteiger partial charge in [-0.2, -0.15) is 18.3 Å². The third-order valence-corrected chi connectivity index (χ3v) is 4.51. The van der Waals surface area contributed by atoms with Gasteiger partial charge in [-0.3, -0.25) is 4.79 Å². The topological polar surface area (TPSA) is 38.7 Å². The number of rotatable bonds is 2. The average molecular weight is 359 g/mol. The quantitative estimate of drug-likeness (QED) is 0.687. The van der Waals surface area contributed by atoms with Crippen LogP contribution in [0.1, 0.15) is 31.7 Å². The SMILES string of the molecule is [C-]#[N+]c1c(C(F)(F)F)cc(-c2ccccc2)n(N=C2CCCC2C)c1=O. The summed E-state index contributed by atoms with van der Waals surface area (Å²) in [5.41, 5.74) is -2.00. The summed E-state index contributed by atoms with van der Waals surface area (Å²) in [5, 5.41) is 4.36. The predicted molar refractivity (Wildman–Crippen MR) is 93.3 cm³/mol. The maximum absolute atomic E-state index is 13.4. The highest BCUT2D eigenvalue weighted by Gasteiger charge is 2.36. The Bertz CT molecular complexity index is 953. The fourth-order valence-corrected chi connectivity index (χ4v) is 3.11. The molecular formula is C19H16F3N3O. The third-order valence-electron chi connectivity index (χ3n) is 4.51. The van der Waals surface area contributed by atoms with Crippen molar-refractivity contribution in [3.63, 3.8) is 0 Å². The summed E-state index contributed by atoms with van der Waals surface area (Å²) in [7, 11) is 0. The van der Waals surface area contributed by atoms with Crippen LogP contribution in [0.5, 0.6) is 0 Å². The molecule has 0 radical (unpaired) electrons. The van der Waals surface area contributed by atoms with Gasteiger partial charge in [0.15, 0.2) is 0 Å². The first kappa shape index (κ1) is 17.9. The lowest BCUT2D eigenvalue weighted by Crippen LogP contribution is -2.23. The van der Waals surface area contributed by atoms with Crippen LogP contribution in [0.2, 0.25) is 0 Å². The number of benzene rings is 1. The number of aromatic nitrogens is 1. The summed E-state index contributed by atoms with van der Waals surface area (Å²) < 4.78 is 41.1. The Morgan fingerprint density at radius 2 is 1.96 bits per heavy atom. The first-order chi connectivity index (χ1) is 12.3. The second kappa shape index (κ2) is 6.79. The van der Waals surface area contributed by atoms with E-state index in [-0.39, 0.29) is 11.6 Å². The fraction of sp³-hybridized carbons (Fsp3) is 0.316. The molecule has 134 valence electrons. The summed E-state index contributed by atoms with van der Waals surface area (Å²) >= 11 is 0. The van der Waals surface area contributed by atoms with E-state index < -0.39 is 23.0 Å². The minimum absolute atomic E-state index is 0.0296. The minimum atomic E-state index is -4.80. The molecule has 0 amide bonds. The first-order valence-electron chi connectivity index (χ1n) is 8.20. The minimum Gasteiger partial charge on any atom is -0.281 e. The van der Waals surface area contributed by atoms with Gasteiger partial charge in [-0.05, 0) is 31.2 Å². The van der Waals surface area contributed by atoms with E-state index in [1.807, 2.05) is 6.92 Å². The fourth-order valence-electron chi connectivity index (χ4n) is 3.11. The molecule has 0 spiro atoms. The van der Waals surface area contributed by atoms with Crippen molar-refractivity contribution in [1.29, 1.82) is 0 Å². The molecule has 1 aromatic carbocycles. The summed E-state index contributed by atoms with van der Waals surface area (Å²) in [6.45, 7) is 9.04. The van der Waals surface area contributed by atoms with Crippen LogP contribution >= 0.6 is 0 Å². The van der Waals surface area contributed by atoms with Crippen molar-refractivity contribution in [2.75, 3.05) is 0 Å². The van der Waals surface area contributed by atoms with E-state index in [0.29, 0.717) is 12.0 Å². The number of pyridine rings is 1. The lowest BCUT2D eigenvalue weighted by atomic mass is 10.1. The van der Waals surface area contributed by atoms with Crippen molar-refractivity contribution in [2.45, 2.75) is 32.4 Å². The molecule has 1 aliphatic carbocycles. The normalized spacial score (nSPS) is 18.9. The number of alkyl halides is 3. The van der Waals surface area contributed by atoms with Crippen LogP contribution in [0, 0.1) is 12.5 Å². The molecule has 1 aliphatic rings. The van der Waals surface area contributed by atoms with Crippen LogP contribution in [0.4, 0.5) is 18.9 Å². The molecule has 0 saturated heterocycles. The summed E-state index contributed by atoms with van der Waals surface area (Å²) in [5.74, 6) is 0.157. The second-order valence-corrected chi connectivity index (χ2v) is 6.27. The molecule has 1 heterocycles. The monoisotopic (exact) mass is 359 g/mol. The van der Waals surface area contributed by atoms with Gasteiger partial charge in [-0.25, -0.2) is 9.52 Å². The van der Waals surface area contributed by atoms with Gasteiger partial charge < -0.3 is 0 Å². The van der Waals surface area contributed by atoms with Crippen LogP contribution in [0.3, 0.4) is 0 Å². The molecule has 0 N–H and O–H groups in total. The number of hydrogen-bond acceptors (Lipinski definition) is 2. The van der Waals surface area contributed by atoms with Gasteiger partial charge in [0, 0.05) is 11.3 Å². The van der Waals surface area contributed by atoms with E-state index in [1.165, 1.54) is 0 Å². The van der Waals surface area contributed by atoms with Gasteiger partial charge in [0.25, 0.3) is 11.2 Å². The van der Waals surface area contributed by atoms with Gasteiger partial charge >= 0.3 is 6.18 Å². The molecule has 1 aromatic heterocycles. The first-order valence-corrected chi connectivity index (χ1v) is 8.20. The zero-order chi connectivity index (χ0) is 18.9. The molecule has 7 heteroatoms. The predicted octanol–water partition coefficient (Wildman–Crippen LogP) is 5.11. The largest absolute Gasteiger partial charge is 0.407 e. The molecular weight excluding hydrogens is 343 g/mol. The van der Waals surface area contributed by atoms with Gasteiger partial charge in [-0.1, -0.05) is 37.3 Å². The van der Waals surface area contributed by atoms with Crippen molar-refractivity contribution in [1.82, 2.24) is 4.68 Å². The van der Waals surface area contributed by atoms with E-state index >= 15 is 0 Å². The summed E-state index contributed by atoms with van der Waals surface area (Å²) in [6, 6.07) is 9.14. The van der Waals surface area contributed by atoms with E-state index in [1.54, 1.807) is 30.3 Å². The van der Waals surface area contributed by atoms with Crippen molar-refractivity contribution in [2.24, 2.45) is 11.0 Å². The van der Waals surface area contributed by atoms with Gasteiger partial charge in [0.1, 0.15) is 0 Å². The average Bonchev–Trinajstić information content (AvgIpc) is 3.01. The maximum Gasteiger partial charge on any atom is 0.407 e. The molecule has 1 atom stereocenters. The molecule has 1 saturated carbocycles. The molecule has 1 unspecified atom stereocenters. The lowest BCUT2D eigenvalue weighted by Gasteiger charge is -2.16. The zero-order valence-corrected chi connectivity index (χ0v) is 14.0. The van der Waals surface area contributed by atoms with Gasteiger partial charge in [-0.15, -0.1) is 0 Å². The van der Waals surface area contributed by atoms with Crippen molar-refractivity contribution >= 4 is 11.4 Å². The Hall–Kier alpha value is -2.88. The molecule has 3 rings (SSSR count). The number of halogens is 3. The Kier molecular flexibility index (Phi) is 4.68. The second-order valence-electron chi connectivity index (χ2n) is 6.27. The Labute approximate surface area is 148 Å². The molecule has 26 heavy (non-hydrogen) atoms. The van der Waals surface area contributed by atoms with Crippen molar-refractivity contribution in [3.05, 3.63) is 63.7 Å². The van der Waals surface area contributed by atoms with Crippen LogP contribution in [0.15, 0.2) is 46.3 Å². The zero-order valence-electron chi connectivity index (χ0n) is 14.0. The van der Waals surface area contributed by atoms with Gasteiger partial charge in [0.2, 0.25) is 0 Å². The van der Waals surface area contributed by atoms with E-state index in [4.69, 9.17) is 6.57 Å². The molecule has 2 aromatic rings. The highest BCUT2D eigenvalue weighted by Crippen LogP contribution is 2.37. The van der Waals surface area contributed by atoms with Crippen LogP contribution in [-0.2, 0) is 6.18 Å². The maximum atomic E-state index is 13.4. The summed E-state index contributed by atoms with van der Waals surface area (Å²) in [4.78, 5) is 15.6. The van der Waals surface area contributed by atoms with Crippen LogP contribution in [0.25, 0.3) is 16.1 Å².